The van der Waals surface area contributed by atoms with Crippen LogP contribution < -0.4 is 9.47 Å². The largest absolute Gasteiger partial charge is 0.497 e. The van der Waals surface area contributed by atoms with Crippen molar-refractivity contribution >= 4 is 6.08 Å². The fourth-order valence-corrected chi connectivity index (χ4v) is 2.33. The van der Waals surface area contributed by atoms with E-state index in [9.17, 15) is 5.11 Å². The maximum absolute atomic E-state index is 10.4. The lowest BCUT2D eigenvalue weighted by Gasteiger charge is -2.26. The van der Waals surface area contributed by atoms with Crippen molar-refractivity contribution in [2.75, 3.05) is 7.11 Å². The maximum Gasteiger partial charge on any atom is 0.147 e. The van der Waals surface area contributed by atoms with Crippen molar-refractivity contribution in [3.8, 4) is 11.5 Å². The molecule has 0 saturated carbocycles. The Labute approximate surface area is 118 Å². The normalized spacial score (nSPS) is 20.3. The van der Waals surface area contributed by atoms with E-state index in [1.165, 1.54) is 0 Å². The summed E-state index contributed by atoms with van der Waals surface area (Å²) in [5.74, 6) is 1.49. The van der Waals surface area contributed by atoms with Gasteiger partial charge in [0.15, 0.2) is 0 Å². The molecule has 1 aliphatic rings. The van der Waals surface area contributed by atoms with Crippen molar-refractivity contribution in [3.05, 3.63) is 65.7 Å². The number of hydrogen-bond donors (Lipinski definition) is 1. The van der Waals surface area contributed by atoms with E-state index in [4.69, 9.17) is 9.47 Å². The molecule has 2 aromatic rings. The van der Waals surface area contributed by atoms with E-state index in [0.29, 0.717) is 5.75 Å². The smallest absolute Gasteiger partial charge is 0.147 e. The lowest BCUT2D eigenvalue weighted by Crippen LogP contribution is -2.25. The molecule has 20 heavy (non-hydrogen) atoms. The minimum absolute atomic E-state index is 0.377. The van der Waals surface area contributed by atoms with E-state index in [-0.39, 0.29) is 6.10 Å². The highest BCUT2D eigenvalue weighted by molar-refractivity contribution is 5.58. The molecule has 2 aromatic carbocycles. The molecule has 0 spiro atoms. The lowest BCUT2D eigenvalue weighted by molar-refractivity contribution is 0.0623. The van der Waals surface area contributed by atoms with Crippen LogP contribution in [-0.2, 0) is 0 Å². The minimum atomic E-state index is -0.654. The van der Waals surface area contributed by atoms with Crippen LogP contribution in [0.5, 0.6) is 11.5 Å². The van der Waals surface area contributed by atoms with Gasteiger partial charge in [-0.15, -0.1) is 0 Å². The van der Waals surface area contributed by atoms with Gasteiger partial charge in [0.2, 0.25) is 0 Å². The van der Waals surface area contributed by atoms with Gasteiger partial charge in [0.25, 0.3) is 0 Å². The standard InChI is InChI=1S/C17H16O3/c1-19-13-7-9-14(10-8-13)20-16-11-6-12-4-2-3-5-15(12)17(16)18/h2-11,16-18H,1H3/t16-,17+/m1/s1. The predicted molar refractivity (Wildman–Crippen MR) is 77.8 cm³/mol. The molecule has 3 heteroatoms. The van der Waals surface area contributed by atoms with Gasteiger partial charge >= 0.3 is 0 Å². The predicted octanol–water partition coefficient (Wildman–Crippen LogP) is 3.20. The molecule has 1 N–H and O–H groups in total. The van der Waals surface area contributed by atoms with Gasteiger partial charge in [0.1, 0.15) is 23.7 Å². The Balaban J connectivity index is 1.79. The van der Waals surface area contributed by atoms with Crippen LogP contribution in [0.1, 0.15) is 17.2 Å². The number of rotatable bonds is 3. The Morgan fingerprint density at radius 1 is 0.950 bits per heavy atom. The zero-order valence-corrected chi connectivity index (χ0v) is 11.2. The lowest BCUT2D eigenvalue weighted by atomic mass is 9.93. The fraction of sp³-hybridized carbons (Fsp3) is 0.176. The van der Waals surface area contributed by atoms with Crippen LogP contribution in [0.2, 0.25) is 0 Å². The van der Waals surface area contributed by atoms with Crippen molar-refractivity contribution < 1.29 is 14.6 Å². The van der Waals surface area contributed by atoms with Crippen LogP contribution in [0, 0.1) is 0 Å². The number of hydrogen-bond acceptors (Lipinski definition) is 3. The van der Waals surface area contributed by atoms with Crippen molar-refractivity contribution in [1.29, 1.82) is 0 Å². The number of benzene rings is 2. The first-order valence-corrected chi connectivity index (χ1v) is 6.54. The third kappa shape index (κ3) is 2.40. The fourth-order valence-electron chi connectivity index (χ4n) is 2.33. The van der Waals surface area contributed by atoms with Gasteiger partial charge in [-0.1, -0.05) is 30.3 Å². The molecule has 102 valence electrons. The van der Waals surface area contributed by atoms with Crippen molar-refractivity contribution in [2.24, 2.45) is 0 Å². The van der Waals surface area contributed by atoms with Crippen molar-refractivity contribution in [2.45, 2.75) is 12.2 Å². The van der Waals surface area contributed by atoms with E-state index in [1.54, 1.807) is 7.11 Å². The monoisotopic (exact) mass is 268 g/mol. The molecule has 0 bridgehead atoms. The van der Waals surface area contributed by atoms with E-state index in [1.807, 2.05) is 60.7 Å². The molecule has 0 aromatic heterocycles. The molecule has 0 radical (unpaired) electrons. The van der Waals surface area contributed by atoms with E-state index in [2.05, 4.69) is 0 Å². The summed E-state index contributed by atoms with van der Waals surface area (Å²) in [5, 5.41) is 10.4. The quantitative estimate of drug-likeness (QED) is 0.929. The summed E-state index contributed by atoms with van der Waals surface area (Å²) in [5.41, 5.74) is 1.93. The second-order valence-electron chi connectivity index (χ2n) is 4.69. The Morgan fingerprint density at radius 3 is 2.40 bits per heavy atom. The Morgan fingerprint density at radius 2 is 1.65 bits per heavy atom. The summed E-state index contributed by atoms with van der Waals surface area (Å²) in [4.78, 5) is 0. The molecule has 0 fully saturated rings. The third-order valence-electron chi connectivity index (χ3n) is 3.42. The highest BCUT2D eigenvalue weighted by Gasteiger charge is 2.25. The third-order valence-corrected chi connectivity index (χ3v) is 3.42. The molecule has 0 saturated heterocycles. The summed E-state index contributed by atoms with van der Waals surface area (Å²) in [6, 6.07) is 15.1. The van der Waals surface area contributed by atoms with Crippen molar-refractivity contribution in [1.82, 2.24) is 0 Å². The maximum atomic E-state index is 10.4. The minimum Gasteiger partial charge on any atom is -0.497 e. The van der Waals surface area contributed by atoms with E-state index in [0.717, 1.165) is 16.9 Å². The second kappa shape index (κ2) is 5.39. The summed E-state index contributed by atoms with van der Waals surface area (Å²) >= 11 is 0. The number of fused-ring (bicyclic) bond motifs is 1. The number of methoxy groups -OCH3 is 1. The SMILES string of the molecule is COc1ccc(O[C@@H]2C=Cc3ccccc3[C@@H]2O)cc1. The van der Waals surface area contributed by atoms with Crippen LogP contribution in [0.3, 0.4) is 0 Å². The van der Waals surface area contributed by atoms with Gasteiger partial charge in [-0.2, -0.15) is 0 Å². The first-order chi connectivity index (χ1) is 9.78. The first kappa shape index (κ1) is 12.8. The van der Waals surface area contributed by atoms with Gasteiger partial charge in [-0.3, -0.25) is 0 Å². The van der Waals surface area contributed by atoms with Gasteiger partial charge < -0.3 is 14.6 Å². The molecule has 1 aliphatic carbocycles. The first-order valence-electron chi connectivity index (χ1n) is 6.54. The summed E-state index contributed by atoms with van der Waals surface area (Å²) in [6.07, 6.45) is 2.84. The van der Waals surface area contributed by atoms with Gasteiger partial charge in [0.05, 0.1) is 7.11 Å². The Kier molecular flexibility index (Phi) is 3.44. The van der Waals surface area contributed by atoms with E-state index < -0.39 is 6.10 Å². The zero-order chi connectivity index (χ0) is 13.9. The summed E-state index contributed by atoms with van der Waals surface area (Å²) in [7, 11) is 1.63. The second-order valence-corrected chi connectivity index (χ2v) is 4.69. The zero-order valence-electron chi connectivity index (χ0n) is 11.2. The van der Waals surface area contributed by atoms with Crippen LogP contribution >= 0.6 is 0 Å². The number of ether oxygens (including phenoxy) is 2. The van der Waals surface area contributed by atoms with Gasteiger partial charge in [-0.25, -0.2) is 0 Å². The Hall–Kier alpha value is -2.26. The molecule has 0 heterocycles. The number of aliphatic hydroxyl groups excluding tert-OH is 1. The molecule has 0 aliphatic heterocycles. The molecular formula is C17H16O3. The van der Waals surface area contributed by atoms with Crippen LogP contribution in [0.15, 0.2) is 54.6 Å². The van der Waals surface area contributed by atoms with Crippen LogP contribution in [0.25, 0.3) is 6.08 Å². The molecule has 0 unspecified atom stereocenters. The molecule has 3 rings (SSSR count). The van der Waals surface area contributed by atoms with Gasteiger partial charge in [0, 0.05) is 0 Å². The highest BCUT2D eigenvalue weighted by atomic mass is 16.5. The average Bonchev–Trinajstić information content (AvgIpc) is 2.51. The highest BCUT2D eigenvalue weighted by Crippen LogP contribution is 2.30. The molecule has 3 nitrogen and oxygen atoms in total. The van der Waals surface area contributed by atoms with Gasteiger partial charge in [-0.05, 0) is 41.5 Å². The van der Waals surface area contributed by atoms with E-state index >= 15 is 0 Å². The van der Waals surface area contributed by atoms with Crippen molar-refractivity contribution in [3.63, 3.8) is 0 Å². The number of aliphatic hydroxyl groups is 1. The molecular weight excluding hydrogens is 252 g/mol. The van der Waals surface area contributed by atoms with Crippen LogP contribution in [0.4, 0.5) is 0 Å². The Bertz CT molecular complexity index is 616. The molecule has 2 atom stereocenters. The molecule has 0 amide bonds. The topological polar surface area (TPSA) is 38.7 Å². The summed E-state index contributed by atoms with van der Waals surface area (Å²) < 4.78 is 10.9. The summed E-state index contributed by atoms with van der Waals surface area (Å²) in [6.45, 7) is 0. The van der Waals surface area contributed by atoms with Crippen LogP contribution in [-0.4, -0.2) is 18.3 Å². The average molecular weight is 268 g/mol.